The van der Waals surface area contributed by atoms with E-state index in [0.717, 1.165) is 42.9 Å². The lowest BCUT2D eigenvalue weighted by Crippen LogP contribution is -2.44. The lowest BCUT2D eigenvalue weighted by Gasteiger charge is -2.29. The number of piperidine rings is 1. The number of aryl methyl sites for hydroxylation is 1. The Morgan fingerprint density at radius 2 is 2.50 bits per heavy atom. The first-order chi connectivity index (χ1) is 9.67. The molecule has 0 aliphatic carbocycles. The number of carbonyl (C=O) groups excluding carboxylic acids is 1. The van der Waals surface area contributed by atoms with Crippen LogP contribution < -0.4 is 5.32 Å². The van der Waals surface area contributed by atoms with E-state index in [2.05, 4.69) is 17.2 Å². The number of hydrogen-bond donors (Lipinski definition) is 2. The molecule has 2 heterocycles. The minimum atomic E-state index is -0.285. The number of β-amino-alcohol motifs (C(OH)–C–C–N with tert-alkyl or cyclic N) is 1. The van der Waals surface area contributed by atoms with E-state index in [1.807, 2.05) is 10.3 Å². The first kappa shape index (κ1) is 15.4. The van der Waals surface area contributed by atoms with Crippen LogP contribution in [-0.2, 0) is 17.8 Å². The first-order valence-corrected chi connectivity index (χ1v) is 8.15. The second-order valence-electron chi connectivity index (χ2n) is 5.29. The molecular weight excluding hydrogens is 274 g/mol. The monoisotopic (exact) mass is 297 g/mol. The van der Waals surface area contributed by atoms with Gasteiger partial charge in [-0.3, -0.25) is 9.69 Å². The van der Waals surface area contributed by atoms with Gasteiger partial charge in [-0.1, -0.05) is 6.92 Å². The highest BCUT2D eigenvalue weighted by Gasteiger charge is 2.19. The van der Waals surface area contributed by atoms with Gasteiger partial charge in [-0.25, -0.2) is 4.98 Å². The van der Waals surface area contributed by atoms with Crippen LogP contribution in [0.25, 0.3) is 0 Å². The van der Waals surface area contributed by atoms with Crippen LogP contribution in [0.15, 0.2) is 5.38 Å². The smallest absolute Gasteiger partial charge is 0.234 e. The summed E-state index contributed by atoms with van der Waals surface area (Å²) in [6, 6.07) is 0. The van der Waals surface area contributed by atoms with Gasteiger partial charge in [0.05, 0.1) is 29.9 Å². The molecule has 1 aliphatic heterocycles. The fraction of sp³-hybridized carbons (Fsp3) is 0.714. The Kier molecular flexibility index (Phi) is 5.94. The number of nitrogens with one attached hydrogen (secondary N) is 1. The number of carbonyl (C=O) groups is 1. The second-order valence-corrected chi connectivity index (χ2v) is 6.23. The van der Waals surface area contributed by atoms with Crippen molar-refractivity contribution < 1.29 is 9.90 Å². The number of aromatic nitrogens is 1. The molecule has 0 bridgehead atoms. The molecule has 112 valence electrons. The first-order valence-electron chi connectivity index (χ1n) is 7.27. The van der Waals surface area contributed by atoms with Crippen molar-refractivity contribution in [2.75, 3.05) is 19.6 Å². The van der Waals surface area contributed by atoms with Gasteiger partial charge < -0.3 is 10.4 Å². The molecule has 1 unspecified atom stereocenters. The molecule has 1 aromatic rings. The highest BCUT2D eigenvalue weighted by atomic mass is 32.1. The van der Waals surface area contributed by atoms with Gasteiger partial charge in [0.25, 0.3) is 0 Å². The molecular formula is C14H23N3O2S. The number of likely N-dealkylation sites (tertiary alicyclic amines) is 1. The second kappa shape index (κ2) is 7.71. The maximum Gasteiger partial charge on any atom is 0.234 e. The summed E-state index contributed by atoms with van der Waals surface area (Å²) in [5, 5.41) is 15.6. The standard InChI is InChI=1S/C14H23N3O2S/c1-2-4-14-16-11(10-20-14)7-15-13(19)9-17-6-3-5-12(18)8-17/h10,12,18H,2-9H2,1H3,(H,15,19). The van der Waals surface area contributed by atoms with Crippen molar-refractivity contribution >= 4 is 17.2 Å². The predicted octanol–water partition coefficient (Wildman–Crippen LogP) is 1.17. The average Bonchev–Trinajstić information content (AvgIpc) is 2.85. The highest BCUT2D eigenvalue weighted by Crippen LogP contribution is 2.12. The Labute approximate surface area is 124 Å². The third-order valence-corrected chi connectivity index (χ3v) is 4.34. The third kappa shape index (κ3) is 4.85. The van der Waals surface area contributed by atoms with Crippen LogP contribution in [0.1, 0.15) is 36.9 Å². The summed E-state index contributed by atoms with van der Waals surface area (Å²) in [5.41, 5.74) is 0.936. The van der Waals surface area contributed by atoms with Gasteiger partial charge in [0.1, 0.15) is 0 Å². The lowest BCUT2D eigenvalue weighted by atomic mass is 10.1. The van der Waals surface area contributed by atoms with Crippen LogP contribution >= 0.6 is 11.3 Å². The summed E-state index contributed by atoms with van der Waals surface area (Å²) in [7, 11) is 0. The molecule has 1 aliphatic rings. The van der Waals surface area contributed by atoms with Gasteiger partial charge in [-0.15, -0.1) is 11.3 Å². The number of aliphatic hydroxyl groups is 1. The molecule has 5 nitrogen and oxygen atoms in total. The molecule has 20 heavy (non-hydrogen) atoms. The molecule has 1 amide bonds. The Morgan fingerprint density at radius 3 is 3.25 bits per heavy atom. The van der Waals surface area contributed by atoms with Crippen molar-refractivity contribution in [3.63, 3.8) is 0 Å². The van der Waals surface area contributed by atoms with Crippen LogP contribution in [0.3, 0.4) is 0 Å². The number of hydrogen-bond acceptors (Lipinski definition) is 5. The maximum absolute atomic E-state index is 11.9. The summed E-state index contributed by atoms with van der Waals surface area (Å²) in [6.07, 6.45) is 3.62. The van der Waals surface area contributed by atoms with Crippen molar-refractivity contribution in [3.8, 4) is 0 Å². The summed E-state index contributed by atoms with van der Waals surface area (Å²) in [6.45, 7) is 4.49. The molecule has 0 saturated carbocycles. The number of aliphatic hydroxyl groups excluding tert-OH is 1. The summed E-state index contributed by atoms with van der Waals surface area (Å²) in [5.74, 6) is 0.00383. The van der Waals surface area contributed by atoms with Gasteiger partial charge in [0, 0.05) is 11.9 Å². The minimum Gasteiger partial charge on any atom is -0.392 e. The highest BCUT2D eigenvalue weighted by molar-refractivity contribution is 7.09. The molecule has 0 spiro atoms. The van der Waals surface area contributed by atoms with Gasteiger partial charge in [-0.2, -0.15) is 0 Å². The zero-order valence-corrected chi connectivity index (χ0v) is 12.8. The Balaban J connectivity index is 1.71. The van der Waals surface area contributed by atoms with Crippen molar-refractivity contribution in [1.29, 1.82) is 0 Å². The number of nitrogens with zero attached hydrogens (tertiary/aromatic N) is 2. The lowest BCUT2D eigenvalue weighted by molar-refractivity contribution is -0.123. The SMILES string of the molecule is CCCc1nc(CNC(=O)CN2CCCC(O)C2)cs1. The topological polar surface area (TPSA) is 65.5 Å². The zero-order valence-electron chi connectivity index (χ0n) is 12.0. The quantitative estimate of drug-likeness (QED) is 0.827. The van der Waals surface area contributed by atoms with E-state index < -0.39 is 0 Å². The summed E-state index contributed by atoms with van der Waals surface area (Å²) < 4.78 is 0. The number of thiazole rings is 1. The van der Waals surface area contributed by atoms with E-state index in [1.165, 1.54) is 0 Å². The zero-order chi connectivity index (χ0) is 14.4. The Bertz CT molecular complexity index is 436. The van der Waals surface area contributed by atoms with E-state index in [4.69, 9.17) is 0 Å². The van der Waals surface area contributed by atoms with E-state index in [1.54, 1.807) is 11.3 Å². The van der Waals surface area contributed by atoms with Crippen LogP contribution in [-0.4, -0.2) is 46.6 Å². The maximum atomic E-state index is 11.9. The molecule has 2 rings (SSSR count). The molecule has 1 fully saturated rings. The van der Waals surface area contributed by atoms with Crippen molar-refractivity contribution in [3.05, 3.63) is 16.1 Å². The molecule has 1 atom stereocenters. The predicted molar refractivity (Wildman–Crippen MR) is 79.6 cm³/mol. The van der Waals surface area contributed by atoms with E-state index in [9.17, 15) is 9.90 Å². The van der Waals surface area contributed by atoms with Gasteiger partial charge in [0.2, 0.25) is 5.91 Å². The van der Waals surface area contributed by atoms with Crippen molar-refractivity contribution in [2.24, 2.45) is 0 Å². The van der Waals surface area contributed by atoms with Crippen LogP contribution in [0.2, 0.25) is 0 Å². The molecule has 6 heteroatoms. The molecule has 1 aromatic heterocycles. The Hall–Kier alpha value is -0.980. The van der Waals surface area contributed by atoms with E-state index >= 15 is 0 Å². The molecule has 0 aromatic carbocycles. The third-order valence-electron chi connectivity index (χ3n) is 3.38. The van der Waals surface area contributed by atoms with Crippen molar-refractivity contribution in [1.82, 2.24) is 15.2 Å². The normalized spacial score (nSPS) is 20.0. The number of amides is 1. The fourth-order valence-electron chi connectivity index (χ4n) is 2.38. The number of rotatable bonds is 6. The van der Waals surface area contributed by atoms with Crippen LogP contribution in [0.5, 0.6) is 0 Å². The minimum absolute atomic E-state index is 0.00383. The van der Waals surface area contributed by atoms with Crippen LogP contribution in [0, 0.1) is 0 Å². The fourth-order valence-corrected chi connectivity index (χ4v) is 3.28. The molecule has 2 N–H and O–H groups in total. The molecule has 1 saturated heterocycles. The van der Waals surface area contributed by atoms with E-state index in [-0.39, 0.29) is 12.0 Å². The van der Waals surface area contributed by atoms with E-state index in [0.29, 0.717) is 19.6 Å². The van der Waals surface area contributed by atoms with Crippen molar-refractivity contribution in [2.45, 2.75) is 45.3 Å². The largest absolute Gasteiger partial charge is 0.392 e. The summed E-state index contributed by atoms with van der Waals surface area (Å²) in [4.78, 5) is 18.4. The van der Waals surface area contributed by atoms with Crippen LogP contribution in [0.4, 0.5) is 0 Å². The Morgan fingerprint density at radius 1 is 1.65 bits per heavy atom. The van der Waals surface area contributed by atoms with Gasteiger partial charge in [-0.05, 0) is 32.2 Å². The molecule has 0 radical (unpaired) electrons. The average molecular weight is 297 g/mol. The van der Waals surface area contributed by atoms with Gasteiger partial charge >= 0.3 is 0 Å². The van der Waals surface area contributed by atoms with Gasteiger partial charge in [0.15, 0.2) is 0 Å². The summed E-state index contributed by atoms with van der Waals surface area (Å²) >= 11 is 1.66.